The van der Waals surface area contributed by atoms with E-state index in [4.69, 9.17) is 9.84 Å². The van der Waals surface area contributed by atoms with Crippen LogP contribution in [0.1, 0.15) is 34.1 Å². The zero-order valence-corrected chi connectivity index (χ0v) is 14.7. The fraction of sp³-hybridized carbons (Fsp3) is 0.857. The standard InChI is InChI=1S/C14H26N2O5S/c1-10(7-22(5)20)15-14(6-11(17)18)8-16(9-14)12(19)21-13(2,3)4/h10,15H,6-9H2,1-5H3,(H,17,18). The van der Waals surface area contributed by atoms with Crippen molar-refractivity contribution in [2.24, 2.45) is 0 Å². The lowest BCUT2D eigenvalue weighted by molar-refractivity contribution is -0.141. The van der Waals surface area contributed by atoms with Gasteiger partial charge in [0.15, 0.2) is 0 Å². The van der Waals surface area contributed by atoms with E-state index in [-0.39, 0.29) is 25.6 Å². The summed E-state index contributed by atoms with van der Waals surface area (Å²) in [6.45, 7) is 7.76. The average Bonchev–Trinajstić information content (AvgIpc) is 2.19. The summed E-state index contributed by atoms with van der Waals surface area (Å²) >= 11 is 0. The number of aliphatic carboxylic acids is 1. The monoisotopic (exact) mass is 334 g/mol. The molecular weight excluding hydrogens is 308 g/mol. The number of hydrogen-bond acceptors (Lipinski definition) is 5. The Morgan fingerprint density at radius 1 is 1.41 bits per heavy atom. The molecule has 1 aliphatic rings. The molecule has 0 radical (unpaired) electrons. The zero-order valence-electron chi connectivity index (χ0n) is 13.8. The van der Waals surface area contributed by atoms with Gasteiger partial charge in [-0.3, -0.25) is 9.00 Å². The SMILES string of the molecule is CC(CS(C)=O)NC1(CC(=O)O)CN(C(=O)OC(C)(C)C)C1. The molecule has 0 saturated carbocycles. The molecule has 0 spiro atoms. The number of nitrogens with one attached hydrogen (secondary N) is 1. The van der Waals surface area contributed by atoms with Crippen molar-refractivity contribution in [3.05, 3.63) is 0 Å². The third-order valence-electron chi connectivity index (χ3n) is 3.17. The van der Waals surface area contributed by atoms with Crippen molar-refractivity contribution < 1.29 is 23.6 Å². The van der Waals surface area contributed by atoms with Gasteiger partial charge < -0.3 is 20.1 Å². The lowest BCUT2D eigenvalue weighted by atomic mass is 9.85. The molecule has 0 bridgehead atoms. The van der Waals surface area contributed by atoms with Gasteiger partial charge in [-0.25, -0.2) is 4.79 Å². The number of hydrogen-bond donors (Lipinski definition) is 2. The Morgan fingerprint density at radius 2 is 1.95 bits per heavy atom. The molecule has 0 aromatic carbocycles. The van der Waals surface area contributed by atoms with Crippen LogP contribution in [-0.4, -0.2) is 68.6 Å². The fourth-order valence-corrected chi connectivity index (χ4v) is 3.39. The van der Waals surface area contributed by atoms with Crippen molar-refractivity contribution >= 4 is 22.9 Å². The van der Waals surface area contributed by atoms with Crippen LogP contribution in [-0.2, 0) is 20.3 Å². The summed E-state index contributed by atoms with van der Waals surface area (Å²) in [5, 5.41) is 12.3. The van der Waals surface area contributed by atoms with Crippen molar-refractivity contribution in [1.82, 2.24) is 10.2 Å². The van der Waals surface area contributed by atoms with E-state index >= 15 is 0 Å². The topological polar surface area (TPSA) is 95.9 Å². The Hall–Kier alpha value is -1.15. The van der Waals surface area contributed by atoms with Crippen molar-refractivity contribution in [1.29, 1.82) is 0 Å². The van der Waals surface area contributed by atoms with Crippen molar-refractivity contribution in [2.75, 3.05) is 25.1 Å². The number of carbonyl (C=O) groups is 2. The zero-order chi connectivity index (χ0) is 17.1. The number of ether oxygens (including phenoxy) is 1. The van der Waals surface area contributed by atoms with Gasteiger partial charge in [0.1, 0.15) is 5.60 Å². The van der Waals surface area contributed by atoms with Crippen LogP contribution < -0.4 is 5.32 Å². The molecule has 2 unspecified atom stereocenters. The van der Waals surface area contributed by atoms with E-state index in [1.807, 2.05) is 6.92 Å². The Bertz CT molecular complexity index is 455. The number of nitrogens with zero attached hydrogens (tertiary/aromatic N) is 1. The minimum Gasteiger partial charge on any atom is -0.481 e. The maximum absolute atomic E-state index is 12.0. The van der Waals surface area contributed by atoms with Gasteiger partial charge in [-0.05, 0) is 27.7 Å². The minimum absolute atomic E-state index is 0.0903. The highest BCUT2D eigenvalue weighted by Gasteiger charge is 2.48. The molecule has 0 aromatic heterocycles. The lowest BCUT2D eigenvalue weighted by Crippen LogP contribution is -2.72. The van der Waals surface area contributed by atoms with E-state index in [0.29, 0.717) is 5.75 Å². The summed E-state index contributed by atoms with van der Waals surface area (Å²) in [6.07, 6.45) is 1.07. The molecule has 1 fully saturated rings. The predicted octanol–water partition coefficient (Wildman–Crippen LogP) is 0.807. The summed E-state index contributed by atoms with van der Waals surface area (Å²) in [5.41, 5.74) is -1.26. The molecule has 2 atom stereocenters. The number of carboxylic acids is 1. The molecule has 22 heavy (non-hydrogen) atoms. The normalized spacial score (nSPS) is 20.0. The molecular formula is C14H26N2O5S. The second-order valence-corrected chi connectivity index (χ2v) is 8.45. The van der Waals surface area contributed by atoms with Gasteiger partial charge in [0.05, 0.1) is 12.0 Å². The van der Waals surface area contributed by atoms with Gasteiger partial charge >= 0.3 is 12.1 Å². The maximum Gasteiger partial charge on any atom is 0.410 e. The summed E-state index contributed by atoms with van der Waals surface area (Å²) in [7, 11) is -0.967. The Morgan fingerprint density at radius 3 is 2.36 bits per heavy atom. The number of amides is 1. The third kappa shape index (κ3) is 5.92. The molecule has 1 saturated heterocycles. The summed E-state index contributed by atoms with van der Waals surface area (Å²) in [6, 6.07) is -0.0917. The van der Waals surface area contributed by atoms with E-state index in [2.05, 4.69) is 5.32 Å². The van der Waals surface area contributed by atoms with Crippen LogP contribution in [0.5, 0.6) is 0 Å². The Kier molecular flexibility index (Phi) is 5.97. The summed E-state index contributed by atoms with van der Waals surface area (Å²) < 4.78 is 16.5. The van der Waals surface area contributed by atoms with E-state index in [0.717, 1.165) is 0 Å². The number of likely N-dealkylation sites (tertiary alicyclic amines) is 1. The van der Waals surface area contributed by atoms with Gasteiger partial charge in [0, 0.05) is 41.9 Å². The molecule has 1 aliphatic heterocycles. The third-order valence-corrected chi connectivity index (χ3v) is 4.14. The molecule has 8 heteroatoms. The average molecular weight is 334 g/mol. The lowest BCUT2D eigenvalue weighted by Gasteiger charge is -2.50. The van der Waals surface area contributed by atoms with Crippen LogP contribution in [0, 0.1) is 0 Å². The first-order chi connectivity index (χ1) is 9.92. The molecule has 1 heterocycles. The van der Waals surface area contributed by atoms with E-state index in [9.17, 15) is 13.8 Å². The second-order valence-electron chi connectivity index (χ2n) is 6.97. The molecule has 1 rings (SSSR count). The van der Waals surface area contributed by atoms with Gasteiger partial charge in [-0.1, -0.05) is 0 Å². The van der Waals surface area contributed by atoms with Crippen LogP contribution in [0.25, 0.3) is 0 Å². The first-order valence-corrected chi connectivity index (χ1v) is 8.93. The van der Waals surface area contributed by atoms with Crippen LogP contribution >= 0.6 is 0 Å². The first-order valence-electron chi connectivity index (χ1n) is 7.20. The Labute approximate surface area is 133 Å². The highest BCUT2D eigenvalue weighted by molar-refractivity contribution is 7.84. The van der Waals surface area contributed by atoms with Gasteiger partial charge in [0.25, 0.3) is 0 Å². The van der Waals surface area contributed by atoms with Gasteiger partial charge in [0.2, 0.25) is 0 Å². The number of rotatable bonds is 6. The van der Waals surface area contributed by atoms with Crippen LogP contribution in [0.3, 0.4) is 0 Å². The van der Waals surface area contributed by atoms with E-state index < -0.39 is 34.0 Å². The molecule has 7 nitrogen and oxygen atoms in total. The summed E-state index contributed by atoms with van der Waals surface area (Å²) in [4.78, 5) is 24.5. The van der Waals surface area contributed by atoms with Crippen LogP contribution in [0.15, 0.2) is 0 Å². The molecule has 2 N–H and O–H groups in total. The fourth-order valence-electron chi connectivity index (χ4n) is 2.60. The quantitative estimate of drug-likeness (QED) is 0.746. The van der Waals surface area contributed by atoms with Gasteiger partial charge in [-0.2, -0.15) is 0 Å². The van der Waals surface area contributed by atoms with E-state index in [1.54, 1.807) is 27.0 Å². The van der Waals surface area contributed by atoms with Crippen LogP contribution in [0.4, 0.5) is 4.79 Å². The number of carboxylic acid groups (broad SMARTS) is 1. The molecule has 128 valence electrons. The largest absolute Gasteiger partial charge is 0.481 e. The first kappa shape index (κ1) is 18.9. The maximum atomic E-state index is 12.0. The van der Waals surface area contributed by atoms with Crippen LogP contribution in [0.2, 0.25) is 0 Å². The van der Waals surface area contributed by atoms with Crippen molar-refractivity contribution in [2.45, 2.75) is 51.3 Å². The van der Waals surface area contributed by atoms with E-state index in [1.165, 1.54) is 4.90 Å². The highest BCUT2D eigenvalue weighted by Crippen LogP contribution is 2.27. The van der Waals surface area contributed by atoms with Crippen molar-refractivity contribution in [3.8, 4) is 0 Å². The molecule has 0 aromatic rings. The number of carbonyl (C=O) groups excluding carboxylic acids is 1. The van der Waals surface area contributed by atoms with Crippen molar-refractivity contribution in [3.63, 3.8) is 0 Å². The smallest absolute Gasteiger partial charge is 0.410 e. The molecule has 1 amide bonds. The molecule has 0 aliphatic carbocycles. The van der Waals surface area contributed by atoms with Gasteiger partial charge in [-0.15, -0.1) is 0 Å². The highest BCUT2D eigenvalue weighted by atomic mass is 32.2. The minimum atomic E-state index is -0.967. The Balaban J connectivity index is 2.65. The second kappa shape index (κ2) is 6.95. The predicted molar refractivity (Wildman–Crippen MR) is 84.3 cm³/mol. The summed E-state index contributed by atoms with van der Waals surface area (Å²) in [5.74, 6) is -0.491.